The fourth-order valence-electron chi connectivity index (χ4n) is 4.81. The van der Waals surface area contributed by atoms with E-state index in [1.165, 1.54) is 14.1 Å². The van der Waals surface area contributed by atoms with Crippen molar-refractivity contribution in [2.75, 3.05) is 14.1 Å². The molecule has 4 aliphatic rings. The van der Waals surface area contributed by atoms with E-state index in [9.17, 15) is 41.3 Å². The van der Waals surface area contributed by atoms with Crippen molar-refractivity contribution in [3.63, 3.8) is 0 Å². The molecule has 170 valence electrons. The maximum atomic E-state index is 13.3. The second-order valence-electron chi connectivity index (χ2n) is 8.30. The minimum absolute atomic E-state index is 0.701. The topological polar surface area (TPSA) is 182 Å². The van der Waals surface area contributed by atoms with Gasteiger partial charge in [0.25, 0.3) is 5.91 Å². The first-order valence-electron chi connectivity index (χ1n) is 12.0. The lowest BCUT2D eigenvalue weighted by atomic mass is 9.55. The van der Waals surface area contributed by atoms with Gasteiger partial charge in [0, 0.05) is 18.8 Å². The van der Waals surface area contributed by atoms with Crippen LogP contribution in [-0.4, -0.2) is 79.2 Å². The standard InChI is InChI=1S/C22H24N2O8/c1-21(31)8-5-4-6-11(25)12(8)16(26)13-9(21)7-10-15(24(2)3)17(27)14(20(23)30)19(29)22(10,32)18(13)28/h4-6,9-10,15,26,28-29,31-32H,7H2,1-3H3,(H2,23,30)/t9?,10?,15?,21-,22+/m1/s1/i4D,5D,6D,9D,15D. The average molecular weight is 449 g/mol. The Morgan fingerprint density at radius 3 is 2.44 bits per heavy atom. The zero-order valence-electron chi connectivity index (χ0n) is 22.3. The number of fused-ring (bicyclic) bond motifs is 3. The molecule has 7 N–H and O–H groups in total. The van der Waals surface area contributed by atoms with Gasteiger partial charge < -0.3 is 31.3 Å². The number of aliphatic hydroxyl groups is 5. The Bertz CT molecular complexity index is 1390. The van der Waals surface area contributed by atoms with Crippen molar-refractivity contribution < 1.29 is 46.8 Å². The number of Topliss-reactive ketones (excluding diaryl/α,β-unsaturated/α-hetero) is 1. The number of nitrogens with zero attached hydrogens (tertiary/aromatic N) is 1. The van der Waals surface area contributed by atoms with Crippen molar-refractivity contribution in [1.29, 1.82) is 0 Å². The molecule has 0 saturated heterocycles. The normalized spacial score (nSPS) is 44.6. The summed E-state index contributed by atoms with van der Waals surface area (Å²) in [5, 5.41) is 56.6. The second kappa shape index (κ2) is 6.64. The number of likely N-dealkylation sites (N-methyl/N-ethyl adjacent to an activating group) is 1. The summed E-state index contributed by atoms with van der Waals surface area (Å²) in [5.74, 6) is -13.0. The summed E-state index contributed by atoms with van der Waals surface area (Å²) in [5.41, 5.74) is -4.40. The van der Waals surface area contributed by atoms with Gasteiger partial charge in [-0.15, -0.1) is 0 Å². The summed E-state index contributed by atoms with van der Waals surface area (Å²) < 4.78 is 42.1. The number of hydrogen-bond acceptors (Lipinski definition) is 9. The van der Waals surface area contributed by atoms with Gasteiger partial charge in [0.2, 0.25) is 0 Å². The summed E-state index contributed by atoms with van der Waals surface area (Å²) >= 11 is 0. The van der Waals surface area contributed by atoms with Crippen LogP contribution in [0.2, 0.25) is 0 Å². The maximum Gasteiger partial charge on any atom is 0.255 e. The van der Waals surface area contributed by atoms with Gasteiger partial charge in [-0.3, -0.25) is 19.3 Å². The zero-order valence-corrected chi connectivity index (χ0v) is 17.3. The molecule has 0 aromatic heterocycles. The summed E-state index contributed by atoms with van der Waals surface area (Å²) in [4.78, 5) is 39.1. The van der Waals surface area contributed by atoms with Crippen LogP contribution in [0.15, 0.2) is 57.7 Å². The van der Waals surface area contributed by atoms with Gasteiger partial charge >= 0.3 is 0 Å². The highest BCUT2D eigenvalue weighted by molar-refractivity contribution is 6.22. The van der Waals surface area contributed by atoms with Gasteiger partial charge in [-0.2, -0.15) is 0 Å². The molecule has 0 aromatic rings. The highest BCUT2D eigenvalue weighted by atomic mass is 16.4. The fourth-order valence-corrected chi connectivity index (χ4v) is 4.81. The molecular formula is C22H24N2O8. The molecule has 0 saturated carbocycles. The van der Waals surface area contributed by atoms with Crippen LogP contribution in [0.1, 0.15) is 20.2 Å². The molecule has 5 atom stereocenters. The first-order valence-corrected chi connectivity index (χ1v) is 9.48. The highest BCUT2D eigenvalue weighted by Gasteiger charge is 2.64. The first-order chi connectivity index (χ1) is 16.7. The summed E-state index contributed by atoms with van der Waals surface area (Å²) in [6.07, 6.45) is -0.952. The number of nitrogens with two attached hydrogens (primary N) is 1. The molecule has 4 rings (SSSR count). The van der Waals surface area contributed by atoms with Gasteiger partial charge in [0.05, 0.1) is 22.7 Å². The number of rotatable bonds is 2. The lowest BCUT2D eigenvalue weighted by Gasteiger charge is -2.53. The third-order valence-electron chi connectivity index (χ3n) is 6.32. The monoisotopic (exact) mass is 449 g/mol. The number of ketones is 2. The van der Waals surface area contributed by atoms with Crippen molar-refractivity contribution in [2.24, 2.45) is 17.5 Å². The molecular weight excluding hydrogens is 420 g/mol. The minimum Gasteiger partial charge on any atom is -0.508 e. The third-order valence-corrected chi connectivity index (χ3v) is 6.32. The van der Waals surface area contributed by atoms with Gasteiger partial charge in [-0.25, -0.2) is 0 Å². The van der Waals surface area contributed by atoms with Gasteiger partial charge in [-0.05, 0) is 39.1 Å². The number of carbonyl (C=O) groups is 3. The molecule has 0 radical (unpaired) electrons. The van der Waals surface area contributed by atoms with Crippen molar-refractivity contribution in [3.8, 4) is 0 Å². The van der Waals surface area contributed by atoms with Crippen molar-refractivity contribution in [1.82, 2.24) is 4.90 Å². The van der Waals surface area contributed by atoms with Crippen LogP contribution in [0.4, 0.5) is 0 Å². The van der Waals surface area contributed by atoms with Crippen LogP contribution in [0, 0.1) is 11.8 Å². The molecule has 0 aromatic carbocycles. The van der Waals surface area contributed by atoms with Crippen LogP contribution in [-0.2, 0) is 14.4 Å². The number of aliphatic hydroxyl groups excluding tert-OH is 3. The fraction of sp³-hybridized carbons (Fsp3) is 0.409. The van der Waals surface area contributed by atoms with E-state index >= 15 is 0 Å². The number of allylic oxidation sites excluding steroid dienone is 4. The first kappa shape index (κ1) is 16.4. The largest absolute Gasteiger partial charge is 0.508 e. The van der Waals surface area contributed by atoms with Gasteiger partial charge in [0.15, 0.2) is 17.2 Å². The molecule has 4 aliphatic carbocycles. The van der Waals surface area contributed by atoms with Crippen LogP contribution in [0.3, 0.4) is 0 Å². The van der Waals surface area contributed by atoms with Crippen LogP contribution in [0.25, 0.3) is 0 Å². The molecule has 10 heteroatoms. The van der Waals surface area contributed by atoms with Crippen LogP contribution in [0.5, 0.6) is 0 Å². The Labute approximate surface area is 190 Å². The Hall–Kier alpha value is -3.21. The van der Waals surface area contributed by atoms with E-state index in [2.05, 4.69) is 0 Å². The zero-order chi connectivity index (χ0) is 28.4. The van der Waals surface area contributed by atoms with Crippen molar-refractivity contribution in [3.05, 3.63) is 57.7 Å². The number of carbonyl (C=O) groups excluding carboxylic acids is 3. The number of primary amides is 1. The molecule has 0 bridgehead atoms. The van der Waals surface area contributed by atoms with E-state index in [-0.39, 0.29) is 0 Å². The molecule has 3 unspecified atom stereocenters. The molecule has 10 nitrogen and oxygen atoms in total. The molecule has 32 heavy (non-hydrogen) atoms. The van der Waals surface area contributed by atoms with E-state index in [0.717, 1.165) is 11.8 Å². The lowest BCUT2D eigenvalue weighted by Crippen LogP contribution is -2.64. The Morgan fingerprint density at radius 2 is 1.88 bits per heavy atom. The summed E-state index contributed by atoms with van der Waals surface area (Å²) in [6, 6.07) is -5.43. The quantitative estimate of drug-likeness (QED) is 0.306. The van der Waals surface area contributed by atoms with Crippen LogP contribution >= 0.6 is 0 Å². The Balaban J connectivity index is 2.23. The summed E-state index contributed by atoms with van der Waals surface area (Å²) in [7, 11) is 2.43. The highest BCUT2D eigenvalue weighted by Crippen LogP contribution is 2.57. The average Bonchev–Trinajstić information content (AvgIpc) is 2.79. The molecule has 0 spiro atoms. The van der Waals surface area contributed by atoms with E-state index in [1.807, 2.05) is 0 Å². The molecule has 0 aliphatic heterocycles. The smallest absolute Gasteiger partial charge is 0.255 e. The SMILES string of the molecule is [2H]C1=C([2H])C([2H])=C2C(=C(O)C3=C(O)[C@]4(O)C(O)=C(C(N)=O)C(=O)C([2H])(N(C)C)C4CC3([2H])[C@]2(C)O)C1=O. The predicted molar refractivity (Wildman–Crippen MR) is 110 cm³/mol. The van der Waals surface area contributed by atoms with Crippen molar-refractivity contribution >= 4 is 17.5 Å². The van der Waals surface area contributed by atoms with E-state index in [1.54, 1.807) is 0 Å². The van der Waals surface area contributed by atoms with E-state index in [0.29, 0.717) is 0 Å². The number of hydrogen-bond donors (Lipinski definition) is 6. The van der Waals surface area contributed by atoms with Gasteiger partial charge in [0.1, 0.15) is 22.9 Å². The van der Waals surface area contributed by atoms with Crippen molar-refractivity contribution in [2.45, 2.75) is 30.6 Å². The van der Waals surface area contributed by atoms with Crippen LogP contribution < -0.4 is 5.73 Å². The molecule has 1 amide bonds. The third kappa shape index (κ3) is 2.48. The molecule has 0 heterocycles. The Morgan fingerprint density at radius 1 is 1.25 bits per heavy atom. The summed E-state index contributed by atoms with van der Waals surface area (Å²) in [6.45, 7) is 0.944. The molecule has 0 fully saturated rings. The maximum absolute atomic E-state index is 13.3. The predicted octanol–water partition coefficient (Wildman–Crippen LogP) is -0.382. The lowest BCUT2D eigenvalue weighted by molar-refractivity contribution is -0.138. The second-order valence-corrected chi connectivity index (χ2v) is 8.30. The minimum atomic E-state index is -3.17. The number of amides is 1. The van der Waals surface area contributed by atoms with E-state index in [4.69, 9.17) is 11.2 Å². The van der Waals surface area contributed by atoms with Gasteiger partial charge in [-0.1, -0.05) is 12.1 Å². The Kier molecular flexibility index (Phi) is 3.41. The van der Waals surface area contributed by atoms with E-state index < -0.39 is 111 Å².